The molecule has 0 unspecified atom stereocenters. The smallest absolute Gasteiger partial charge is 0.235 e. The van der Waals surface area contributed by atoms with Crippen molar-refractivity contribution in [2.24, 2.45) is 0 Å². The Kier molecular flexibility index (Phi) is 5.83. The summed E-state index contributed by atoms with van der Waals surface area (Å²) in [6.45, 7) is 4.94. The Morgan fingerprint density at radius 1 is 1.24 bits per heavy atom. The van der Waals surface area contributed by atoms with E-state index in [9.17, 15) is 4.79 Å². The first-order chi connectivity index (χ1) is 8.21. The highest BCUT2D eigenvalue weighted by Gasteiger charge is 2.07. The molecule has 1 rings (SSSR count). The normalized spacial score (nSPS) is 9.82. The minimum atomic E-state index is -0.100. The summed E-state index contributed by atoms with van der Waals surface area (Å²) in [7, 11) is 0. The van der Waals surface area contributed by atoms with Crippen LogP contribution in [-0.2, 0) is 4.79 Å². The maximum Gasteiger partial charge on any atom is 0.235 e. The molecule has 1 N–H and O–H groups in total. The molecule has 0 saturated carbocycles. The number of amides is 1. The van der Waals surface area contributed by atoms with Crippen LogP contribution in [0.1, 0.15) is 13.8 Å². The summed E-state index contributed by atoms with van der Waals surface area (Å²) in [4.78, 5) is 11.2. The summed E-state index contributed by atoms with van der Waals surface area (Å²) in [5, 5.41) is 3.01. The molecule has 0 fully saturated rings. The van der Waals surface area contributed by atoms with Crippen molar-refractivity contribution in [2.75, 3.05) is 23.9 Å². The maximum atomic E-state index is 11.2. The highest BCUT2D eigenvalue weighted by Crippen LogP contribution is 2.30. The van der Waals surface area contributed by atoms with Gasteiger partial charge in [0.1, 0.15) is 0 Å². The molecule has 17 heavy (non-hydrogen) atoms. The molecule has 0 saturated heterocycles. The van der Waals surface area contributed by atoms with Gasteiger partial charge in [0.15, 0.2) is 11.5 Å². The summed E-state index contributed by atoms with van der Waals surface area (Å²) in [6, 6.07) is 5.33. The van der Waals surface area contributed by atoms with Gasteiger partial charge in [-0.05, 0) is 26.0 Å². The molecule has 0 radical (unpaired) electrons. The van der Waals surface area contributed by atoms with E-state index in [1.807, 2.05) is 13.8 Å². The summed E-state index contributed by atoms with van der Waals surface area (Å²) < 4.78 is 10.9. The van der Waals surface area contributed by atoms with Gasteiger partial charge in [-0.3, -0.25) is 4.79 Å². The topological polar surface area (TPSA) is 47.6 Å². The van der Waals surface area contributed by atoms with Crippen molar-refractivity contribution in [1.82, 2.24) is 0 Å². The highest BCUT2D eigenvalue weighted by molar-refractivity contribution is 9.09. The molecule has 94 valence electrons. The zero-order chi connectivity index (χ0) is 12.7. The number of hydrogen-bond donors (Lipinski definition) is 1. The largest absolute Gasteiger partial charge is 0.490 e. The summed E-state index contributed by atoms with van der Waals surface area (Å²) in [5.41, 5.74) is 0.696. The van der Waals surface area contributed by atoms with Gasteiger partial charge in [0.25, 0.3) is 0 Å². The van der Waals surface area contributed by atoms with Crippen LogP contribution in [0.4, 0.5) is 5.69 Å². The van der Waals surface area contributed by atoms with Crippen LogP contribution in [0.25, 0.3) is 0 Å². The van der Waals surface area contributed by atoms with Crippen molar-refractivity contribution in [3.63, 3.8) is 0 Å². The molecule has 1 aromatic rings. The van der Waals surface area contributed by atoms with Crippen LogP contribution >= 0.6 is 15.9 Å². The maximum absolute atomic E-state index is 11.2. The van der Waals surface area contributed by atoms with Crippen molar-refractivity contribution in [2.45, 2.75) is 13.8 Å². The Morgan fingerprint density at radius 2 is 1.88 bits per heavy atom. The van der Waals surface area contributed by atoms with E-state index < -0.39 is 0 Å². The van der Waals surface area contributed by atoms with Crippen LogP contribution in [-0.4, -0.2) is 24.5 Å². The molecule has 0 heterocycles. The van der Waals surface area contributed by atoms with E-state index in [0.29, 0.717) is 30.4 Å². The van der Waals surface area contributed by atoms with Crippen LogP contribution < -0.4 is 14.8 Å². The monoisotopic (exact) mass is 301 g/mol. The lowest BCUT2D eigenvalue weighted by Gasteiger charge is -2.12. The van der Waals surface area contributed by atoms with Crippen molar-refractivity contribution in [1.29, 1.82) is 0 Å². The van der Waals surface area contributed by atoms with Gasteiger partial charge < -0.3 is 14.8 Å². The second-order valence-electron chi connectivity index (χ2n) is 3.21. The Labute approximate surface area is 109 Å². The van der Waals surface area contributed by atoms with Gasteiger partial charge in [-0.1, -0.05) is 15.9 Å². The lowest BCUT2D eigenvalue weighted by Crippen LogP contribution is -2.12. The van der Waals surface area contributed by atoms with Crippen LogP contribution in [0.5, 0.6) is 11.5 Å². The number of rotatable bonds is 6. The first-order valence-corrected chi connectivity index (χ1v) is 6.58. The molecule has 0 spiro atoms. The zero-order valence-corrected chi connectivity index (χ0v) is 11.5. The first-order valence-electron chi connectivity index (χ1n) is 5.46. The molecule has 4 nitrogen and oxygen atoms in total. The number of carbonyl (C=O) groups is 1. The number of carbonyl (C=O) groups excluding carboxylic acids is 1. The third-order valence-corrected chi connectivity index (χ3v) is 2.46. The van der Waals surface area contributed by atoms with Gasteiger partial charge in [0, 0.05) is 11.8 Å². The molecule has 1 aromatic carbocycles. The van der Waals surface area contributed by atoms with E-state index in [0.717, 1.165) is 0 Å². The molecule has 0 aromatic heterocycles. The molecule has 0 atom stereocenters. The van der Waals surface area contributed by atoms with Crippen molar-refractivity contribution < 1.29 is 14.3 Å². The zero-order valence-electron chi connectivity index (χ0n) is 9.96. The Bertz CT molecular complexity index is 382. The number of anilines is 1. The predicted octanol–water partition coefficient (Wildman–Crippen LogP) is 2.82. The number of halogens is 1. The van der Waals surface area contributed by atoms with Crippen LogP contribution in [0.2, 0.25) is 0 Å². The minimum Gasteiger partial charge on any atom is -0.490 e. The van der Waals surface area contributed by atoms with Crippen LogP contribution in [0.3, 0.4) is 0 Å². The van der Waals surface area contributed by atoms with E-state index in [2.05, 4.69) is 21.2 Å². The molecule has 5 heteroatoms. The highest BCUT2D eigenvalue weighted by atomic mass is 79.9. The molecule has 0 aliphatic carbocycles. The number of alkyl halides is 1. The van der Waals surface area contributed by atoms with Gasteiger partial charge in [-0.25, -0.2) is 0 Å². The average Bonchev–Trinajstić information content (AvgIpc) is 2.33. The summed E-state index contributed by atoms with van der Waals surface area (Å²) in [5.74, 6) is 1.23. The number of hydrogen-bond acceptors (Lipinski definition) is 3. The van der Waals surface area contributed by atoms with Gasteiger partial charge in [-0.2, -0.15) is 0 Å². The summed E-state index contributed by atoms with van der Waals surface area (Å²) in [6.07, 6.45) is 0. The lowest BCUT2D eigenvalue weighted by atomic mass is 10.2. The summed E-state index contributed by atoms with van der Waals surface area (Å²) >= 11 is 3.09. The van der Waals surface area contributed by atoms with E-state index >= 15 is 0 Å². The third-order valence-electron chi connectivity index (χ3n) is 1.95. The number of benzene rings is 1. The standard InChI is InChI=1S/C12H16BrNO3/c1-3-16-10-6-5-9(14-12(15)8-13)7-11(10)17-4-2/h5-7H,3-4,8H2,1-2H3,(H,14,15). The quantitative estimate of drug-likeness (QED) is 0.822. The van der Waals surface area contributed by atoms with Gasteiger partial charge in [0.2, 0.25) is 5.91 Å². The fourth-order valence-electron chi connectivity index (χ4n) is 1.32. The van der Waals surface area contributed by atoms with Crippen molar-refractivity contribution in [3.05, 3.63) is 18.2 Å². The van der Waals surface area contributed by atoms with Gasteiger partial charge in [0.05, 0.1) is 18.5 Å². The van der Waals surface area contributed by atoms with Gasteiger partial charge in [-0.15, -0.1) is 0 Å². The molecule has 0 aliphatic rings. The van der Waals surface area contributed by atoms with E-state index in [-0.39, 0.29) is 11.2 Å². The molecular formula is C12H16BrNO3. The SMILES string of the molecule is CCOc1ccc(NC(=O)CBr)cc1OCC. The van der Waals surface area contributed by atoms with Crippen molar-refractivity contribution in [3.8, 4) is 11.5 Å². The van der Waals surface area contributed by atoms with Crippen LogP contribution in [0, 0.1) is 0 Å². The Morgan fingerprint density at radius 3 is 2.47 bits per heavy atom. The fraction of sp³-hybridized carbons (Fsp3) is 0.417. The van der Waals surface area contributed by atoms with Gasteiger partial charge >= 0.3 is 0 Å². The van der Waals surface area contributed by atoms with Crippen molar-refractivity contribution >= 4 is 27.5 Å². The first kappa shape index (κ1) is 13.8. The van der Waals surface area contributed by atoms with Crippen LogP contribution in [0.15, 0.2) is 18.2 Å². The third kappa shape index (κ3) is 4.26. The average molecular weight is 302 g/mol. The number of ether oxygens (including phenoxy) is 2. The predicted molar refractivity (Wildman–Crippen MR) is 71.2 cm³/mol. The molecular weight excluding hydrogens is 286 g/mol. The molecule has 0 aliphatic heterocycles. The second kappa shape index (κ2) is 7.17. The lowest BCUT2D eigenvalue weighted by molar-refractivity contribution is -0.113. The van der Waals surface area contributed by atoms with E-state index in [4.69, 9.17) is 9.47 Å². The fourth-order valence-corrected chi connectivity index (χ4v) is 1.46. The number of nitrogens with one attached hydrogen (secondary N) is 1. The van der Waals surface area contributed by atoms with E-state index in [1.165, 1.54) is 0 Å². The second-order valence-corrected chi connectivity index (χ2v) is 3.77. The van der Waals surface area contributed by atoms with E-state index in [1.54, 1.807) is 18.2 Å². The molecule has 1 amide bonds. The minimum absolute atomic E-state index is 0.100. The Hall–Kier alpha value is -1.23. The Balaban J connectivity index is 2.88. The molecule has 0 bridgehead atoms.